The Kier molecular flexibility index (Phi) is 4.26. The number of aliphatic hydroxyl groups is 1. The van der Waals surface area contributed by atoms with Crippen LogP contribution in [0.5, 0.6) is 5.75 Å². The highest BCUT2D eigenvalue weighted by Crippen LogP contribution is 2.21. The molecule has 0 amide bonds. The lowest BCUT2D eigenvalue weighted by molar-refractivity contribution is 0.112. The Hall–Kier alpha value is -1.39. The van der Waals surface area contributed by atoms with Crippen LogP contribution >= 0.6 is 0 Å². The fraction of sp³-hybridized carbons (Fsp3) is 0.462. The quantitative estimate of drug-likeness (QED) is 0.696. The number of aliphatic hydroxyl groups excluding tert-OH is 1. The van der Waals surface area contributed by atoms with Crippen LogP contribution < -0.4 is 5.32 Å². The van der Waals surface area contributed by atoms with Crippen molar-refractivity contribution in [3.8, 4) is 5.75 Å². The molecule has 1 aromatic carbocycles. The second-order valence-electron chi connectivity index (χ2n) is 5.08. The van der Waals surface area contributed by atoms with Crippen molar-refractivity contribution in [1.82, 2.24) is 5.32 Å². The Morgan fingerprint density at radius 1 is 1.41 bits per heavy atom. The summed E-state index contributed by atoms with van der Waals surface area (Å²) < 4.78 is 0. The van der Waals surface area contributed by atoms with E-state index in [1.807, 2.05) is 20.8 Å². The fourth-order valence-electron chi connectivity index (χ4n) is 1.40. The lowest BCUT2D eigenvalue weighted by Crippen LogP contribution is -2.38. The number of aromatic hydroxyl groups is 1. The van der Waals surface area contributed by atoms with Gasteiger partial charge in [-0.05, 0) is 38.5 Å². The smallest absolute Gasteiger partial charge is 0.153 e. The van der Waals surface area contributed by atoms with Crippen molar-refractivity contribution in [2.24, 2.45) is 0 Å². The third-order valence-corrected chi connectivity index (χ3v) is 2.39. The number of hydrogen-bond donors (Lipinski definition) is 3. The van der Waals surface area contributed by atoms with Gasteiger partial charge < -0.3 is 15.5 Å². The van der Waals surface area contributed by atoms with Crippen molar-refractivity contribution in [1.29, 1.82) is 0 Å². The molecule has 0 aliphatic rings. The van der Waals surface area contributed by atoms with Gasteiger partial charge in [-0.3, -0.25) is 4.79 Å². The minimum atomic E-state index is -0.700. The van der Waals surface area contributed by atoms with Crippen molar-refractivity contribution < 1.29 is 15.0 Å². The zero-order chi connectivity index (χ0) is 13.1. The number of phenols is 1. The molecule has 0 heterocycles. The van der Waals surface area contributed by atoms with E-state index in [0.29, 0.717) is 18.4 Å². The largest absolute Gasteiger partial charge is 0.507 e. The molecule has 0 saturated heterocycles. The van der Waals surface area contributed by atoms with Crippen LogP contribution in [-0.4, -0.2) is 28.6 Å². The molecule has 1 unspecified atom stereocenters. The van der Waals surface area contributed by atoms with Gasteiger partial charge >= 0.3 is 0 Å². The zero-order valence-electron chi connectivity index (χ0n) is 10.4. The van der Waals surface area contributed by atoms with Crippen LogP contribution in [0.25, 0.3) is 0 Å². The molecular formula is C13H19NO3. The number of aldehydes is 1. The first-order valence-electron chi connectivity index (χ1n) is 5.54. The monoisotopic (exact) mass is 237 g/mol. The molecule has 94 valence electrons. The third-order valence-electron chi connectivity index (χ3n) is 2.39. The highest BCUT2D eigenvalue weighted by Gasteiger charge is 2.14. The molecule has 3 N–H and O–H groups in total. The van der Waals surface area contributed by atoms with E-state index >= 15 is 0 Å². The predicted octanol–water partition coefficient (Wildman–Crippen LogP) is 1.63. The van der Waals surface area contributed by atoms with Gasteiger partial charge in [-0.2, -0.15) is 0 Å². The molecule has 1 atom stereocenters. The average molecular weight is 237 g/mol. The predicted molar refractivity (Wildman–Crippen MR) is 66.2 cm³/mol. The van der Waals surface area contributed by atoms with E-state index in [-0.39, 0.29) is 16.9 Å². The van der Waals surface area contributed by atoms with Gasteiger partial charge in [0.05, 0.1) is 11.7 Å². The number of β-amino-alcohol motifs (C(OH)–C–C–N with tert-alkyl or cyclic N) is 1. The molecule has 1 rings (SSSR count). The second-order valence-corrected chi connectivity index (χ2v) is 5.08. The van der Waals surface area contributed by atoms with Crippen LogP contribution in [0.15, 0.2) is 18.2 Å². The van der Waals surface area contributed by atoms with E-state index < -0.39 is 6.10 Å². The molecule has 0 bridgehead atoms. The number of nitrogens with one attached hydrogen (secondary N) is 1. The number of carbonyl (C=O) groups excluding carboxylic acids is 1. The summed E-state index contributed by atoms with van der Waals surface area (Å²) in [4.78, 5) is 10.7. The van der Waals surface area contributed by atoms with E-state index in [1.54, 1.807) is 6.07 Å². The molecule has 0 saturated carbocycles. The molecule has 0 aromatic heterocycles. The zero-order valence-corrected chi connectivity index (χ0v) is 10.4. The minimum Gasteiger partial charge on any atom is -0.507 e. The van der Waals surface area contributed by atoms with Crippen molar-refractivity contribution >= 4 is 6.29 Å². The maximum absolute atomic E-state index is 10.7. The van der Waals surface area contributed by atoms with Crippen molar-refractivity contribution in [2.75, 3.05) is 6.54 Å². The maximum Gasteiger partial charge on any atom is 0.153 e. The van der Waals surface area contributed by atoms with E-state index in [9.17, 15) is 15.0 Å². The van der Waals surface area contributed by atoms with E-state index in [2.05, 4.69) is 5.32 Å². The van der Waals surface area contributed by atoms with Crippen LogP contribution in [0.2, 0.25) is 0 Å². The highest BCUT2D eigenvalue weighted by atomic mass is 16.3. The van der Waals surface area contributed by atoms with E-state index in [4.69, 9.17) is 0 Å². The van der Waals surface area contributed by atoms with Gasteiger partial charge in [-0.1, -0.05) is 6.07 Å². The SMILES string of the molecule is CC(C)(C)NCC(O)c1ccc(O)c(C=O)c1. The maximum atomic E-state index is 10.7. The Bertz CT molecular complexity index is 396. The average Bonchev–Trinajstić information content (AvgIpc) is 2.25. The molecule has 0 aliphatic carbocycles. The molecule has 4 nitrogen and oxygen atoms in total. The van der Waals surface area contributed by atoms with Crippen LogP contribution in [0, 0.1) is 0 Å². The summed E-state index contributed by atoms with van der Waals surface area (Å²) in [5.41, 5.74) is 0.727. The summed E-state index contributed by atoms with van der Waals surface area (Å²) >= 11 is 0. The second kappa shape index (κ2) is 5.29. The molecule has 0 fully saturated rings. The fourth-order valence-corrected chi connectivity index (χ4v) is 1.40. The highest BCUT2D eigenvalue weighted by molar-refractivity contribution is 5.79. The number of hydrogen-bond acceptors (Lipinski definition) is 4. The van der Waals surface area contributed by atoms with Gasteiger partial charge in [-0.15, -0.1) is 0 Å². The molecule has 4 heteroatoms. The summed E-state index contributed by atoms with van der Waals surface area (Å²) in [7, 11) is 0. The van der Waals surface area contributed by atoms with Crippen LogP contribution in [0.3, 0.4) is 0 Å². The van der Waals surface area contributed by atoms with Gasteiger partial charge in [0.2, 0.25) is 0 Å². The Morgan fingerprint density at radius 2 is 2.06 bits per heavy atom. The van der Waals surface area contributed by atoms with Crippen LogP contribution in [0.1, 0.15) is 42.8 Å². The van der Waals surface area contributed by atoms with Gasteiger partial charge in [0.15, 0.2) is 6.29 Å². The normalized spacial score (nSPS) is 13.4. The van der Waals surface area contributed by atoms with Crippen molar-refractivity contribution in [3.05, 3.63) is 29.3 Å². The molecule has 1 aromatic rings. The summed E-state index contributed by atoms with van der Waals surface area (Å²) in [6.07, 6.45) is -0.128. The third kappa shape index (κ3) is 4.17. The Balaban J connectivity index is 2.75. The number of carbonyl (C=O) groups is 1. The Labute approximate surface area is 101 Å². The first kappa shape index (κ1) is 13.7. The lowest BCUT2D eigenvalue weighted by Gasteiger charge is -2.23. The summed E-state index contributed by atoms with van der Waals surface area (Å²) in [6, 6.07) is 4.52. The van der Waals surface area contributed by atoms with Gasteiger partial charge in [0.25, 0.3) is 0 Å². The molecule has 0 radical (unpaired) electrons. The number of phenolic OH excluding ortho intramolecular Hbond substituents is 1. The lowest BCUT2D eigenvalue weighted by atomic mass is 10.0. The van der Waals surface area contributed by atoms with Crippen molar-refractivity contribution in [2.45, 2.75) is 32.4 Å². The van der Waals surface area contributed by atoms with E-state index in [0.717, 1.165) is 0 Å². The topological polar surface area (TPSA) is 69.6 Å². The molecule has 17 heavy (non-hydrogen) atoms. The first-order valence-corrected chi connectivity index (χ1v) is 5.54. The first-order chi connectivity index (χ1) is 7.83. The van der Waals surface area contributed by atoms with Crippen LogP contribution in [0.4, 0.5) is 0 Å². The van der Waals surface area contributed by atoms with Gasteiger partial charge in [-0.25, -0.2) is 0 Å². The standard InChI is InChI=1S/C13H19NO3/c1-13(2,3)14-7-12(17)9-4-5-11(16)10(6-9)8-15/h4-6,8,12,14,16-17H,7H2,1-3H3. The molecular weight excluding hydrogens is 218 g/mol. The molecule has 0 aliphatic heterocycles. The van der Waals surface area contributed by atoms with Gasteiger partial charge in [0, 0.05) is 12.1 Å². The van der Waals surface area contributed by atoms with Gasteiger partial charge in [0.1, 0.15) is 5.75 Å². The van der Waals surface area contributed by atoms with Crippen molar-refractivity contribution in [3.63, 3.8) is 0 Å². The van der Waals surface area contributed by atoms with Crippen LogP contribution in [-0.2, 0) is 0 Å². The number of rotatable bonds is 4. The number of benzene rings is 1. The minimum absolute atomic E-state index is 0.0697. The van der Waals surface area contributed by atoms with E-state index in [1.165, 1.54) is 12.1 Å². The summed E-state index contributed by atoms with van der Waals surface area (Å²) in [5, 5.41) is 22.5. The molecule has 0 spiro atoms. The Morgan fingerprint density at radius 3 is 2.59 bits per heavy atom. The summed E-state index contributed by atoms with van der Waals surface area (Å²) in [5.74, 6) is -0.0697. The summed E-state index contributed by atoms with van der Waals surface area (Å²) in [6.45, 7) is 6.42.